The summed E-state index contributed by atoms with van der Waals surface area (Å²) in [7, 11) is 0. The molecule has 0 radical (unpaired) electrons. The minimum absolute atomic E-state index is 0.0531. The Morgan fingerprint density at radius 2 is 0.771 bits per heavy atom. The van der Waals surface area contributed by atoms with E-state index in [-0.39, 0.29) is 10.8 Å². The number of hydrogen-bond donors (Lipinski definition) is 0. The highest BCUT2D eigenvalue weighted by molar-refractivity contribution is 5.88. The molecule has 0 atom stereocenters. The Morgan fingerprint density at radius 1 is 0.333 bits per heavy atom. The SMILES string of the molecule is CC1(C)c2ccccc2-c2cccc(-c3cccc(-c4ccccc4-c4nc(-c5ccccc5)nc(-c5ccccc5)n4)c3)c2C1(C)C. The van der Waals surface area contributed by atoms with E-state index >= 15 is 0 Å². The molecule has 0 saturated carbocycles. The van der Waals surface area contributed by atoms with Crippen LogP contribution in [0.1, 0.15) is 38.8 Å². The van der Waals surface area contributed by atoms with Crippen LogP contribution in [0.5, 0.6) is 0 Å². The van der Waals surface area contributed by atoms with Crippen molar-refractivity contribution < 1.29 is 0 Å². The van der Waals surface area contributed by atoms with E-state index in [2.05, 4.69) is 119 Å². The third kappa shape index (κ3) is 4.86. The molecule has 0 unspecified atom stereocenters. The summed E-state index contributed by atoms with van der Waals surface area (Å²) < 4.78 is 0. The third-order valence-electron chi connectivity index (χ3n) is 10.5. The van der Waals surface area contributed by atoms with Crippen LogP contribution in [-0.2, 0) is 10.8 Å². The van der Waals surface area contributed by atoms with Crippen molar-refractivity contribution in [2.24, 2.45) is 0 Å². The molecule has 1 heterocycles. The molecule has 0 N–H and O–H groups in total. The Labute approximate surface area is 283 Å². The predicted molar refractivity (Wildman–Crippen MR) is 198 cm³/mol. The van der Waals surface area contributed by atoms with E-state index in [1.807, 2.05) is 60.7 Å². The lowest BCUT2D eigenvalue weighted by Crippen LogP contribution is -2.43. The van der Waals surface area contributed by atoms with Crippen molar-refractivity contribution in [2.75, 3.05) is 0 Å². The summed E-state index contributed by atoms with van der Waals surface area (Å²) in [5.41, 5.74) is 12.9. The molecule has 0 saturated heterocycles. The van der Waals surface area contributed by atoms with Gasteiger partial charge in [0, 0.05) is 22.1 Å². The number of fused-ring (bicyclic) bond motifs is 3. The van der Waals surface area contributed by atoms with Gasteiger partial charge in [-0.05, 0) is 56.0 Å². The van der Waals surface area contributed by atoms with Gasteiger partial charge in [-0.25, -0.2) is 15.0 Å². The molecule has 0 aliphatic heterocycles. The molecule has 6 aromatic carbocycles. The molecule has 1 aromatic heterocycles. The summed E-state index contributed by atoms with van der Waals surface area (Å²) in [4.78, 5) is 15.0. The molecule has 0 amide bonds. The van der Waals surface area contributed by atoms with E-state index in [1.54, 1.807) is 0 Å². The highest BCUT2D eigenvalue weighted by Gasteiger charge is 2.46. The van der Waals surface area contributed by atoms with Crippen LogP contribution in [0.25, 0.3) is 67.5 Å². The average Bonchev–Trinajstić information content (AvgIpc) is 3.14. The van der Waals surface area contributed by atoms with Crippen molar-refractivity contribution in [3.8, 4) is 67.5 Å². The summed E-state index contributed by atoms with van der Waals surface area (Å²) in [5, 5.41) is 0. The first-order valence-corrected chi connectivity index (χ1v) is 16.6. The molecule has 0 fully saturated rings. The first-order valence-electron chi connectivity index (χ1n) is 16.6. The molecular formula is C45H37N3. The molecule has 1 aliphatic carbocycles. The topological polar surface area (TPSA) is 38.7 Å². The second-order valence-electron chi connectivity index (χ2n) is 13.7. The first-order chi connectivity index (χ1) is 23.3. The fraction of sp³-hybridized carbons (Fsp3) is 0.133. The van der Waals surface area contributed by atoms with E-state index in [4.69, 9.17) is 15.0 Å². The second-order valence-corrected chi connectivity index (χ2v) is 13.7. The third-order valence-corrected chi connectivity index (χ3v) is 10.5. The maximum atomic E-state index is 5.06. The standard InChI is InChI=1S/C45H37N3/c1-44(2)39-28-14-13-24-36(39)37-27-16-26-35(40(37)45(44,3)4)33-22-15-21-32(29-33)34-23-11-12-25-38(34)43-47-41(30-17-7-5-8-18-30)46-42(48-43)31-19-9-6-10-20-31/h5-29H,1-4H3. The minimum atomic E-state index is -0.103. The predicted octanol–water partition coefficient (Wildman–Crippen LogP) is 11.4. The van der Waals surface area contributed by atoms with Gasteiger partial charge in [0.15, 0.2) is 17.5 Å². The van der Waals surface area contributed by atoms with Gasteiger partial charge in [-0.1, -0.05) is 173 Å². The van der Waals surface area contributed by atoms with Crippen molar-refractivity contribution in [1.29, 1.82) is 0 Å². The molecule has 8 rings (SSSR count). The zero-order valence-electron chi connectivity index (χ0n) is 27.8. The number of rotatable bonds is 5. The van der Waals surface area contributed by atoms with Gasteiger partial charge in [0.05, 0.1) is 0 Å². The van der Waals surface area contributed by atoms with Gasteiger partial charge in [0.25, 0.3) is 0 Å². The van der Waals surface area contributed by atoms with Gasteiger partial charge in [0.1, 0.15) is 0 Å². The van der Waals surface area contributed by atoms with Gasteiger partial charge < -0.3 is 0 Å². The number of benzene rings is 6. The number of hydrogen-bond acceptors (Lipinski definition) is 3. The van der Waals surface area contributed by atoms with Crippen molar-refractivity contribution >= 4 is 0 Å². The summed E-state index contributed by atoms with van der Waals surface area (Å²) >= 11 is 0. The van der Waals surface area contributed by atoms with Crippen molar-refractivity contribution in [2.45, 2.75) is 38.5 Å². The molecule has 232 valence electrons. The molecule has 3 heteroatoms. The Bertz CT molecular complexity index is 2230. The van der Waals surface area contributed by atoms with Gasteiger partial charge in [-0.3, -0.25) is 0 Å². The van der Waals surface area contributed by atoms with Gasteiger partial charge >= 0.3 is 0 Å². The highest BCUT2D eigenvalue weighted by Crippen LogP contribution is 2.56. The Morgan fingerprint density at radius 3 is 1.42 bits per heavy atom. The summed E-state index contributed by atoms with van der Waals surface area (Å²) in [6.07, 6.45) is 0. The maximum Gasteiger partial charge on any atom is 0.164 e. The lowest BCUT2D eigenvalue weighted by molar-refractivity contribution is 0.300. The molecule has 0 bridgehead atoms. The Balaban J connectivity index is 1.29. The van der Waals surface area contributed by atoms with Crippen molar-refractivity contribution in [3.05, 3.63) is 163 Å². The van der Waals surface area contributed by atoms with Crippen LogP contribution in [0.2, 0.25) is 0 Å². The van der Waals surface area contributed by atoms with Crippen LogP contribution >= 0.6 is 0 Å². The largest absolute Gasteiger partial charge is 0.208 e. The zero-order valence-corrected chi connectivity index (χ0v) is 27.8. The Kier molecular flexibility index (Phi) is 7.14. The van der Waals surface area contributed by atoms with Gasteiger partial charge in [0.2, 0.25) is 0 Å². The van der Waals surface area contributed by atoms with Crippen molar-refractivity contribution in [3.63, 3.8) is 0 Å². The van der Waals surface area contributed by atoms with Crippen molar-refractivity contribution in [1.82, 2.24) is 15.0 Å². The fourth-order valence-electron chi connectivity index (χ4n) is 7.32. The summed E-state index contributed by atoms with van der Waals surface area (Å²) in [5.74, 6) is 1.97. The highest BCUT2D eigenvalue weighted by atomic mass is 15.0. The zero-order chi connectivity index (χ0) is 32.9. The lowest BCUT2D eigenvalue weighted by atomic mass is 9.54. The lowest BCUT2D eigenvalue weighted by Gasteiger charge is -2.49. The van der Waals surface area contributed by atoms with E-state index in [9.17, 15) is 0 Å². The molecule has 3 nitrogen and oxygen atoms in total. The second kappa shape index (κ2) is 11.5. The Hall–Kier alpha value is -5.67. The smallest absolute Gasteiger partial charge is 0.164 e. The number of nitrogens with zero attached hydrogens (tertiary/aromatic N) is 3. The average molecular weight is 620 g/mol. The van der Waals surface area contributed by atoms with Crippen LogP contribution in [0, 0.1) is 0 Å². The minimum Gasteiger partial charge on any atom is -0.208 e. The van der Waals surface area contributed by atoms with E-state index in [0.717, 1.165) is 27.8 Å². The fourth-order valence-corrected chi connectivity index (χ4v) is 7.32. The normalized spacial score (nSPS) is 14.2. The van der Waals surface area contributed by atoms with Crippen LogP contribution in [0.3, 0.4) is 0 Å². The molecule has 7 aromatic rings. The van der Waals surface area contributed by atoms with Crippen LogP contribution in [-0.4, -0.2) is 15.0 Å². The van der Waals surface area contributed by atoms with Crippen LogP contribution < -0.4 is 0 Å². The van der Waals surface area contributed by atoms with Gasteiger partial charge in [-0.15, -0.1) is 0 Å². The quantitative estimate of drug-likeness (QED) is 0.192. The number of aromatic nitrogens is 3. The molecule has 0 spiro atoms. The van der Waals surface area contributed by atoms with Crippen LogP contribution in [0.4, 0.5) is 0 Å². The monoisotopic (exact) mass is 619 g/mol. The molecule has 48 heavy (non-hydrogen) atoms. The van der Waals surface area contributed by atoms with Gasteiger partial charge in [-0.2, -0.15) is 0 Å². The molecular weight excluding hydrogens is 583 g/mol. The first kappa shape index (κ1) is 29.7. The maximum absolute atomic E-state index is 5.06. The van der Waals surface area contributed by atoms with E-state index in [1.165, 1.54) is 33.4 Å². The summed E-state index contributed by atoms with van der Waals surface area (Å²) in [6.45, 7) is 9.58. The van der Waals surface area contributed by atoms with E-state index in [0.29, 0.717) is 17.5 Å². The summed E-state index contributed by atoms with van der Waals surface area (Å²) in [6, 6.07) is 53.4. The van der Waals surface area contributed by atoms with E-state index < -0.39 is 0 Å². The van der Waals surface area contributed by atoms with Crippen LogP contribution in [0.15, 0.2) is 152 Å². The molecule has 1 aliphatic rings.